The van der Waals surface area contributed by atoms with Gasteiger partial charge in [-0.25, -0.2) is 4.74 Å². The number of rotatable bonds is 12. The highest BCUT2D eigenvalue weighted by Gasteiger charge is 2.83. The zero-order valence-corrected chi connectivity index (χ0v) is 22.3. The van der Waals surface area contributed by atoms with E-state index >= 15 is 0 Å². The van der Waals surface area contributed by atoms with Crippen molar-refractivity contribution in [1.82, 2.24) is 0 Å². The summed E-state index contributed by atoms with van der Waals surface area (Å²) in [6.07, 6.45) is -45.2. The molecule has 294 valence electrons. The first-order valence-corrected chi connectivity index (χ1v) is 12.0. The molecule has 0 aromatic heterocycles. The summed E-state index contributed by atoms with van der Waals surface area (Å²) < 4.78 is 358. The minimum atomic E-state index is -7.89. The second kappa shape index (κ2) is 15.5. The van der Waals surface area contributed by atoms with Gasteiger partial charge in [-0.2, -0.15) is 122 Å². The van der Waals surface area contributed by atoms with Crippen molar-refractivity contribution < 1.29 is 144 Å². The molecule has 0 aliphatic rings. The van der Waals surface area contributed by atoms with E-state index in [1.807, 2.05) is 4.74 Å². The number of ether oxygens (including phenoxy) is 3. The molecule has 0 heterocycles. The quantitative estimate of drug-likeness (QED) is 0.110. The Morgan fingerprint density at radius 3 is 1.00 bits per heavy atom. The van der Waals surface area contributed by atoms with Gasteiger partial charge in [-0.1, -0.05) is 7.77 Å². The van der Waals surface area contributed by atoms with Crippen LogP contribution in [0.3, 0.4) is 0 Å². The Kier molecular flexibility index (Phi) is 15.9. The number of hydrogen-bond donors (Lipinski definition) is 0. The molecule has 0 saturated heterocycles. The molecule has 35 heteroatoms. The fourth-order valence-corrected chi connectivity index (χ4v) is 2.05. The van der Waals surface area contributed by atoms with Gasteiger partial charge in [0.2, 0.25) is 0 Å². The molecule has 0 saturated carbocycles. The fraction of sp³-hybridized carbons (Fsp3) is 0.571. The lowest BCUT2D eigenvalue weighted by molar-refractivity contribution is -0.510. The van der Waals surface area contributed by atoms with E-state index in [1.54, 1.807) is 4.74 Å². The molecule has 0 aliphatic heterocycles. The first-order chi connectivity index (χ1) is 20.8. The highest BCUT2D eigenvalue weighted by atomic mass is 32.3. The van der Waals surface area contributed by atoms with E-state index in [9.17, 15) is 130 Å². The van der Waals surface area contributed by atoms with Crippen molar-refractivity contribution in [3.8, 4) is 0 Å². The fourth-order valence-electron chi connectivity index (χ4n) is 1.39. The van der Waals surface area contributed by atoms with Crippen LogP contribution in [0.2, 0.25) is 0 Å². The van der Waals surface area contributed by atoms with Gasteiger partial charge in [0.1, 0.15) is 0 Å². The van der Waals surface area contributed by atoms with Crippen LogP contribution in [0.15, 0.2) is 36.7 Å². The lowest BCUT2D eigenvalue weighted by Gasteiger charge is -2.36. The molecule has 0 aliphatic carbocycles. The maximum absolute atomic E-state index is 13.3. The average molecular weight is 840 g/mol. The van der Waals surface area contributed by atoms with Crippen LogP contribution in [0.1, 0.15) is 0 Å². The summed E-state index contributed by atoms with van der Waals surface area (Å²) in [4.78, 5) is 0. The van der Waals surface area contributed by atoms with E-state index in [2.05, 4.69) is 6.58 Å². The monoisotopic (exact) mass is 840 g/mol. The van der Waals surface area contributed by atoms with Gasteiger partial charge in [-0.05, 0) is 6.58 Å². The lowest BCUT2D eigenvalue weighted by Crippen LogP contribution is -2.64. The molecular weight excluding hydrogens is 838 g/mol. The third-order valence-electron chi connectivity index (χ3n) is 3.34. The van der Waals surface area contributed by atoms with Gasteiger partial charge in [0.05, 0.1) is 0 Å². The molecule has 49 heavy (non-hydrogen) atoms. The molecule has 0 spiro atoms. The van der Waals surface area contributed by atoms with E-state index < -0.39 is 97.5 Å². The van der Waals surface area contributed by atoms with Crippen LogP contribution in [-0.4, -0.2) is 63.8 Å². The van der Waals surface area contributed by atoms with Crippen molar-refractivity contribution in [3.05, 3.63) is 36.7 Å². The summed E-state index contributed by atoms with van der Waals surface area (Å²) in [7, 11) is -15.3. The van der Waals surface area contributed by atoms with Crippen LogP contribution in [0, 0.1) is 0 Å². The van der Waals surface area contributed by atoms with E-state index in [-0.39, 0.29) is 0 Å². The van der Waals surface area contributed by atoms with Gasteiger partial charge in [-0.15, -0.1) is 0 Å². The third kappa shape index (κ3) is 12.4. The second-order valence-electron chi connectivity index (χ2n) is 6.82. The van der Waals surface area contributed by atoms with Crippen molar-refractivity contribution in [2.75, 3.05) is 0 Å². The minimum absolute atomic E-state index is 1.42. The normalized spacial score (nSPS) is 15.1. The average Bonchev–Trinajstić information content (AvgIpc) is 2.79. The van der Waals surface area contributed by atoms with Crippen LogP contribution in [0.5, 0.6) is 0 Å². The number of halogens is 26. The van der Waals surface area contributed by atoms with E-state index in [0.717, 1.165) is 0 Å². The maximum atomic E-state index is 13.3. The molecule has 0 fully saturated rings. The second-order valence-corrected chi connectivity index (χ2v) is 9.60. The molecule has 0 aromatic carbocycles. The van der Waals surface area contributed by atoms with E-state index in [0.29, 0.717) is 0 Å². The number of alkyl halides is 16. The Bertz CT molecular complexity index is 1440. The summed E-state index contributed by atoms with van der Waals surface area (Å²) in [5, 5.41) is -14.2. The Balaban J connectivity index is -0.000000807. The largest absolute Gasteiger partial charge is 0.471 e. The van der Waals surface area contributed by atoms with Crippen molar-refractivity contribution >= 4 is 20.4 Å². The Hall–Kier alpha value is -2.98. The van der Waals surface area contributed by atoms with Gasteiger partial charge in [0.15, 0.2) is 0 Å². The van der Waals surface area contributed by atoms with Gasteiger partial charge in [-0.3, -0.25) is 4.74 Å². The summed E-state index contributed by atoms with van der Waals surface area (Å²) in [6, 6.07) is -3.97. The summed E-state index contributed by atoms with van der Waals surface area (Å²) in [6.45, 7) is 2.22. The number of hydrogen-bond acceptors (Lipinski definition) is 7. The zero-order valence-electron chi connectivity index (χ0n) is 20.7. The van der Waals surface area contributed by atoms with Gasteiger partial charge in [0, 0.05) is 0 Å². The van der Waals surface area contributed by atoms with Gasteiger partial charge < -0.3 is 4.74 Å². The van der Waals surface area contributed by atoms with Crippen molar-refractivity contribution in [2.45, 2.75) is 47.0 Å². The SMILES string of the molecule is C=C(F)F.O=S(=O)(F)C(F)(F)C(F)(F)OC(F)(C(F)(F)F)C(F)(F)OC(F)=C(F)F.O=S(=O)(F)C(F)(F)C(F)(F)OC(F)(F)C(F)=C(F)F. The van der Waals surface area contributed by atoms with E-state index in [1.165, 1.54) is 4.74 Å². The highest BCUT2D eigenvalue weighted by Crippen LogP contribution is 2.54. The van der Waals surface area contributed by atoms with Crippen molar-refractivity contribution in [2.24, 2.45) is 0 Å². The van der Waals surface area contributed by atoms with Crippen LogP contribution < -0.4 is 0 Å². The van der Waals surface area contributed by atoms with Gasteiger partial charge >= 0.3 is 85.6 Å². The summed E-state index contributed by atoms with van der Waals surface area (Å²) in [5.41, 5.74) is 0. The molecule has 0 N–H and O–H groups in total. The van der Waals surface area contributed by atoms with Gasteiger partial charge in [0.25, 0.3) is 11.9 Å². The molecule has 0 radical (unpaired) electrons. The van der Waals surface area contributed by atoms with Crippen LogP contribution in [-0.2, 0) is 34.7 Å². The highest BCUT2D eigenvalue weighted by molar-refractivity contribution is 7.87. The first-order valence-electron chi connectivity index (χ1n) is 9.25. The summed E-state index contributed by atoms with van der Waals surface area (Å²) >= 11 is 0. The van der Waals surface area contributed by atoms with Crippen molar-refractivity contribution in [1.29, 1.82) is 0 Å². The molecule has 0 amide bonds. The zero-order chi connectivity index (χ0) is 41.0. The first kappa shape index (κ1) is 50.4. The minimum Gasteiger partial charge on any atom is -0.398 e. The predicted octanol–water partition coefficient (Wildman–Crippen LogP) is 8.92. The molecule has 1 unspecified atom stereocenters. The predicted molar refractivity (Wildman–Crippen MR) is 94.9 cm³/mol. The molecule has 0 rings (SSSR count). The third-order valence-corrected chi connectivity index (χ3v) is 5.04. The molecule has 0 bridgehead atoms. The maximum Gasteiger partial charge on any atom is 0.471 e. The van der Waals surface area contributed by atoms with Crippen molar-refractivity contribution in [3.63, 3.8) is 0 Å². The molecule has 0 aromatic rings. The molecule has 1 atom stereocenters. The molecular formula is C14H2F26O7S2. The lowest BCUT2D eigenvalue weighted by atomic mass is 10.2. The summed E-state index contributed by atoms with van der Waals surface area (Å²) in [5.74, 6) is -11.5. The Morgan fingerprint density at radius 1 is 0.490 bits per heavy atom. The van der Waals surface area contributed by atoms with Crippen LogP contribution >= 0.6 is 0 Å². The van der Waals surface area contributed by atoms with E-state index in [4.69, 9.17) is 0 Å². The Labute approximate surface area is 249 Å². The van der Waals surface area contributed by atoms with Crippen LogP contribution in [0.25, 0.3) is 0 Å². The van der Waals surface area contributed by atoms with Crippen LogP contribution in [0.4, 0.5) is 113 Å². The molecule has 7 nitrogen and oxygen atoms in total. The standard InChI is InChI=1S/C7F14O4S.C5F10O3S.C2H2F2/c8-1(9)2(10)24-5(15,16)3(11,4(12,13)14)25-6(17,18)7(19,20)26(21,22)23;6-1(2(7)8)3(9,10)18-4(11,12)5(13,14)19(15,16)17;1-2(3)4/h;;1H2. The smallest absolute Gasteiger partial charge is 0.398 e. The Morgan fingerprint density at radius 2 is 0.776 bits per heavy atom. The topological polar surface area (TPSA) is 96.0 Å².